The van der Waals surface area contributed by atoms with Gasteiger partial charge in [0.05, 0.1) is 11.5 Å². The first-order valence-electron chi connectivity index (χ1n) is 5.20. The molecule has 0 N–H and O–H groups in total. The van der Waals surface area contributed by atoms with Crippen molar-refractivity contribution >= 4 is 15.9 Å². The first kappa shape index (κ1) is 13.5. The highest BCUT2D eigenvalue weighted by atomic mass is 32.2. The average molecular weight is 256 g/mol. The van der Waals surface area contributed by atoms with E-state index in [4.69, 9.17) is 4.74 Å². The lowest BCUT2D eigenvalue weighted by molar-refractivity contribution is 0.313. The Morgan fingerprint density at radius 3 is 2.47 bits per heavy atom. The molecule has 1 aromatic rings. The van der Waals surface area contributed by atoms with Crippen molar-refractivity contribution in [1.29, 1.82) is 0 Å². The van der Waals surface area contributed by atoms with Gasteiger partial charge in [0.15, 0.2) is 0 Å². The number of hydrogen-bond acceptors (Lipinski definition) is 4. The molecule has 0 aromatic heterocycles. The number of rotatable bonds is 4. The van der Waals surface area contributed by atoms with Gasteiger partial charge in [-0.05, 0) is 19.1 Å². The van der Waals surface area contributed by atoms with E-state index in [9.17, 15) is 8.42 Å². The summed E-state index contributed by atoms with van der Waals surface area (Å²) in [7, 11) is -2.21. The number of hydrazone groups is 1. The zero-order valence-electron chi connectivity index (χ0n) is 10.1. The minimum atomic E-state index is -3.59. The Balaban J connectivity index is 2.96. The van der Waals surface area contributed by atoms with Gasteiger partial charge >= 0.3 is 0 Å². The molecule has 0 aliphatic carbocycles. The van der Waals surface area contributed by atoms with Gasteiger partial charge in [0.1, 0.15) is 0 Å². The van der Waals surface area contributed by atoms with E-state index >= 15 is 0 Å². The molecule has 0 aliphatic rings. The van der Waals surface area contributed by atoms with Crippen molar-refractivity contribution in [1.82, 2.24) is 4.41 Å². The van der Waals surface area contributed by atoms with E-state index in [0.29, 0.717) is 12.5 Å². The summed E-state index contributed by atoms with van der Waals surface area (Å²) in [6, 6.07) is 8.14. The topological polar surface area (TPSA) is 59.0 Å². The van der Waals surface area contributed by atoms with Gasteiger partial charge in [0, 0.05) is 14.0 Å². The summed E-state index contributed by atoms with van der Waals surface area (Å²) in [6.45, 7) is 3.87. The van der Waals surface area contributed by atoms with Crippen LogP contribution in [0.15, 0.2) is 40.3 Å². The van der Waals surface area contributed by atoms with Crippen molar-refractivity contribution < 1.29 is 13.2 Å². The Morgan fingerprint density at radius 2 is 1.94 bits per heavy atom. The molecule has 5 nitrogen and oxygen atoms in total. The fourth-order valence-corrected chi connectivity index (χ4v) is 2.26. The van der Waals surface area contributed by atoms with E-state index in [0.717, 1.165) is 4.41 Å². The smallest absolute Gasteiger partial charge is 0.278 e. The Bertz CT molecular complexity index is 483. The number of ether oxygens (including phenoxy) is 1. The third-order valence-electron chi connectivity index (χ3n) is 2.02. The molecule has 0 amide bonds. The van der Waals surface area contributed by atoms with Crippen LogP contribution in [0.2, 0.25) is 0 Å². The standard InChI is InChI=1S/C11H16N2O3S/c1-4-16-10(2)12-13(3)17(14,15)11-8-6-5-7-9-11/h5-9H,4H2,1-3H3/b12-10-. The molecule has 1 aromatic carbocycles. The maximum Gasteiger partial charge on any atom is 0.278 e. The van der Waals surface area contributed by atoms with Gasteiger partial charge < -0.3 is 4.74 Å². The highest BCUT2D eigenvalue weighted by Gasteiger charge is 2.19. The van der Waals surface area contributed by atoms with Crippen LogP contribution in [0, 0.1) is 0 Å². The SMILES string of the molecule is CCO/C(C)=N\N(C)S(=O)(=O)c1ccccc1. The molecule has 0 aliphatic heterocycles. The summed E-state index contributed by atoms with van der Waals surface area (Å²) in [5.41, 5.74) is 0. The zero-order chi connectivity index (χ0) is 12.9. The highest BCUT2D eigenvalue weighted by Crippen LogP contribution is 2.13. The number of nitrogens with zero attached hydrogens (tertiary/aromatic N) is 2. The number of sulfonamides is 1. The van der Waals surface area contributed by atoms with E-state index in [-0.39, 0.29) is 4.90 Å². The molecule has 0 radical (unpaired) electrons. The van der Waals surface area contributed by atoms with Crippen LogP contribution in [0.5, 0.6) is 0 Å². The van der Waals surface area contributed by atoms with E-state index in [1.165, 1.54) is 19.2 Å². The minimum Gasteiger partial charge on any atom is -0.480 e. The molecule has 0 heterocycles. The predicted octanol–water partition coefficient (Wildman–Crippen LogP) is 1.68. The average Bonchev–Trinajstić information content (AvgIpc) is 2.30. The van der Waals surface area contributed by atoms with Crippen LogP contribution >= 0.6 is 0 Å². The summed E-state index contributed by atoms with van der Waals surface area (Å²) in [6.07, 6.45) is 0. The molecule has 0 saturated carbocycles. The summed E-state index contributed by atoms with van der Waals surface area (Å²) in [5, 5.41) is 3.85. The van der Waals surface area contributed by atoms with Gasteiger partial charge in [-0.3, -0.25) is 0 Å². The Labute approximate surface area is 102 Å². The van der Waals surface area contributed by atoms with Gasteiger partial charge in [-0.15, -0.1) is 5.10 Å². The second-order valence-electron chi connectivity index (χ2n) is 3.30. The summed E-state index contributed by atoms with van der Waals surface area (Å²) < 4.78 is 30.1. The van der Waals surface area contributed by atoms with Crippen LogP contribution in [-0.4, -0.2) is 32.4 Å². The molecule has 0 atom stereocenters. The molecule has 0 spiro atoms. The van der Waals surface area contributed by atoms with Gasteiger partial charge in [0.25, 0.3) is 10.0 Å². The maximum atomic E-state index is 12.0. The Kier molecular flexibility index (Phi) is 4.51. The van der Waals surface area contributed by atoms with Gasteiger partial charge in [-0.1, -0.05) is 18.2 Å². The molecule has 94 valence electrons. The lowest BCUT2D eigenvalue weighted by Crippen LogP contribution is -2.23. The lowest BCUT2D eigenvalue weighted by atomic mass is 10.4. The quantitative estimate of drug-likeness (QED) is 0.468. The second-order valence-corrected chi connectivity index (χ2v) is 5.25. The molecule has 0 bridgehead atoms. The van der Waals surface area contributed by atoms with Crippen molar-refractivity contribution in [2.75, 3.05) is 13.7 Å². The fraction of sp³-hybridized carbons (Fsp3) is 0.364. The molecule has 6 heteroatoms. The van der Waals surface area contributed by atoms with Crippen molar-refractivity contribution in [2.45, 2.75) is 18.7 Å². The number of benzene rings is 1. The van der Waals surface area contributed by atoms with Crippen LogP contribution in [0.4, 0.5) is 0 Å². The second kappa shape index (κ2) is 5.67. The molecule has 0 fully saturated rings. The Morgan fingerprint density at radius 1 is 1.35 bits per heavy atom. The zero-order valence-corrected chi connectivity index (χ0v) is 10.9. The van der Waals surface area contributed by atoms with Crippen molar-refractivity contribution in [3.8, 4) is 0 Å². The van der Waals surface area contributed by atoms with E-state index in [1.807, 2.05) is 6.92 Å². The van der Waals surface area contributed by atoms with Crippen LogP contribution in [-0.2, 0) is 14.8 Å². The first-order chi connectivity index (χ1) is 7.98. The van der Waals surface area contributed by atoms with E-state index < -0.39 is 10.0 Å². The normalized spacial score (nSPS) is 12.3. The first-order valence-corrected chi connectivity index (χ1v) is 6.64. The maximum absolute atomic E-state index is 12.0. The fourth-order valence-electron chi connectivity index (χ4n) is 1.23. The summed E-state index contributed by atoms with van der Waals surface area (Å²) in [4.78, 5) is 0.204. The summed E-state index contributed by atoms with van der Waals surface area (Å²) in [5.74, 6) is 0.314. The number of hydrogen-bond donors (Lipinski definition) is 0. The van der Waals surface area contributed by atoms with Gasteiger partial charge in [-0.2, -0.15) is 12.8 Å². The largest absolute Gasteiger partial charge is 0.480 e. The van der Waals surface area contributed by atoms with Crippen LogP contribution in [0.3, 0.4) is 0 Å². The van der Waals surface area contributed by atoms with Crippen LogP contribution < -0.4 is 0 Å². The van der Waals surface area contributed by atoms with Crippen LogP contribution in [0.25, 0.3) is 0 Å². The third-order valence-corrected chi connectivity index (χ3v) is 3.67. The monoisotopic (exact) mass is 256 g/mol. The van der Waals surface area contributed by atoms with Crippen molar-refractivity contribution in [3.63, 3.8) is 0 Å². The minimum absolute atomic E-state index is 0.204. The van der Waals surface area contributed by atoms with Gasteiger partial charge in [-0.25, -0.2) is 0 Å². The molecule has 0 saturated heterocycles. The Hall–Kier alpha value is -1.56. The lowest BCUT2D eigenvalue weighted by Gasteiger charge is -2.14. The highest BCUT2D eigenvalue weighted by molar-refractivity contribution is 7.89. The molecule has 17 heavy (non-hydrogen) atoms. The predicted molar refractivity (Wildman–Crippen MR) is 66.1 cm³/mol. The van der Waals surface area contributed by atoms with E-state index in [1.54, 1.807) is 25.1 Å². The molecule has 1 rings (SSSR count). The summed E-state index contributed by atoms with van der Waals surface area (Å²) >= 11 is 0. The van der Waals surface area contributed by atoms with Gasteiger partial charge in [0.2, 0.25) is 5.90 Å². The van der Waals surface area contributed by atoms with Crippen molar-refractivity contribution in [2.24, 2.45) is 5.10 Å². The molecular formula is C11H16N2O3S. The van der Waals surface area contributed by atoms with E-state index in [2.05, 4.69) is 5.10 Å². The van der Waals surface area contributed by atoms with Crippen molar-refractivity contribution in [3.05, 3.63) is 30.3 Å². The molecular weight excluding hydrogens is 240 g/mol. The molecule has 0 unspecified atom stereocenters. The third kappa shape index (κ3) is 3.45. The van der Waals surface area contributed by atoms with Crippen LogP contribution in [0.1, 0.15) is 13.8 Å².